The van der Waals surface area contributed by atoms with Crippen LogP contribution in [0.4, 0.5) is 0 Å². The van der Waals surface area contributed by atoms with E-state index in [1.807, 2.05) is 0 Å². The van der Waals surface area contributed by atoms with Gasteiger partial charge in [-0.25, -0.2) is 0 Å². The molecule has 0 heterocycles. The van der Waals surface area contributed by atoms with Crippen LogP contribution in [0.2, 0.25) is 0 Å². The lowest BCUT2D eigenvalue weighted by Crippen LogP contribution is -2.45. The highest BCUT2D eigenvalue weighted by molar-refractivity contribution is 6.26. The second-order valence-corrected chi connectivity index (χ2v) is 6.14. The first-order valence-electron chi connectivity index (χ1n) is 8.28. The van der Waals surface area contributed by atoms with E-state index in [0.29, 0.717) is 5.56 Å². The molecule has 2 rings (SSSR count). The van der Waals surface area contributed by atoms with Gasteiger partial charge >= 0.3 is 0 Å². The van der Waals surface area contributed by atoms with E-state index < -0.39 is 22.7 Å². The van der Waals surface area contributed by atoms with Gasteiger partial charge in [-0.05, 0) is 19.3 Å². The minimum Gasteiger partial charge on any atom is -0.507 e. The highest BCUT2D eigenvalue weighted by Gasteiger charge is 2.51. The number of hydrogen-bond acceptors (Lipinski definition) is 4. The first kappa shape index (κ1) is 19.2. The summed E-state index contributed by atoms with van der Waals surface area (Å²) in [5, 5.41) is 21.3. The lowest BCUT2D eigenvalue weighted by molar-refractivity contribution is -0.137. The van der Waals surface area contributed by atoms with E-state index in [1.54, 1.807) is 30.3 Å². The molecule has 26 heavy (non-hydrogen) atoms. The fourth-order valence-electron chi connectivity index (χ4n) is 3.24. The normalized spacial score (nSPS) is 18.5. The fraction of sp³-hybridized carbons (Fsp3) is 0.182. The average Bonchev–Trinajstić information content (AvgIpc) is 2.64. The van der Waals surface area contributed by atoms with Crippen molar-refractivity contribution in [3.05, 3.63) is 90.8 Å². The van der Waals surface area contributed by atoms with Gasteiger partial charge in [0.1, 0.15) is 22.5 Å². The second-order valence-electron chi connectivity index (χ2n) is 6.14. The van der Waals surface area contributed by atoms with Gasteiger partial charge in [-0.15, -0.1) is 19.7 Å². The molecular weight excluding hydrogens is 328 g/mol. The van der Waals surface area contributed by atoms with E-state index in [0.717, 1.165) is 0 Å². The number of ketones is 2. The standard InChI is InChI=1S/C22H22O4/c1-4-10-16-19(24)17(18(23)15-11-8-7-9-12-15)21(26)22(13-5-2,14-6-3)20(16)25/h4-9,11-12,23-24H,1-3,10,13-14H2/b18-17+. The summed E-state index contributed by atoms with van der Waals surface area (Å²) in [5.74, 6) is -1.97. The predicted molar refractivity (Wildman–Crippen MR) is 103 cm³/mol. The van der Waals surface area contributed by atoms with Crippen LogP contribution in [0.5, 0.6) is 0 Å². The van der Waals surface area contributed by atoms with Crippen molar-refractivity contribution in [2.24, 2.45) is 5.41 Å². The molecule has 4 heteroatoms. The summed E-state index contributed by atoms with van der Waals surface area (Å²) in [5.41, 5.74) is -1.29. The molecule has 134 valence electrons. The van der Waals surface area contributed by atoms with Gasteiger partial charge in [-0.1, -0.05) is 48.6 Å². The van der Waals surface area contributed by atoms with Crippen LogP contribution in [0.1, 0.15) is 24.8 Å². The highest BCUT2D eigenvalue weighted by Crippen LogP contribution is 2.44. The Balaban J connectivity index is 2.83. The number of carbonyl (C=O) groups is 2. The molecule has 0 fully saturated rings. The van der Waals surface area contributed by atoms with Crippen LogP contribution in [-0.4, -0.2) is 21.8 Å². The SMILES string of the molecule is C=CCC1=C(O)/C(=C(\O)c2ccccc2)C(=O)C(CC=C)(CC=C)C1=O. The number of hydrogen-bond donors (Lipinski definition) is 2. The topological polar surface area (TPSA) is 74.6 Å². The molecule has 1 aromatic rings. The Labute approximate surface area is 153 Å². The molecule has 0 aromatic heterocycles. The molecule has 1 aliphatic carbocycles. The minimum atomic E-state index is -1.47. The average molecular weight is 350 g/mol. The van der Waals surface area contributed by atoms with Crippen molar-refractivity contribution in [3.8, 4) is 0 Å². The van der Waals surface area contributed by atoms with Crippen molar-refractivity contribution < 1.29 is 19.8 Å². The van der Waals surface area contributed by atoms with Crippen molar-refractivity contribution in [3.63, 3.8) is 0 Å². The third-order valence-corrected chi connectivity index (χ3v) is 4.51. The molecule has 0 saturated carbocycles. The van der Waals surface area contributed by atoms with Gasteiger partial charge < -0.3 is 10.2 Å². The van der Waals surface area contributed by atoms with Gasteiger partial charge in [0.2, 0.25) is 0 Å². The Hall–Kier alpha value is -3.14. The third-order valence-electron chi connectivity index (χ3n) is 4.51. The molecule has 0 bridgehead atoms. The van der Waals surface area contributed by atoms with E-state index in [-0.39, 0.29) is 36.2 Å². The maximum absolute atomic E-state index is 13.3. The Bertz CT molecular complexity index is 815. The second kappa shape index (κ2) is 7.83. The maximum Gasteiger partial charge on any atom is 0.184 e. The first-order valence-corrected chi connectivity index (χ1v) is 8.28. The minimum absolute atomic E-state index is 0.0563. The van der Waals surface area contributed by atoms with E-state index in [2.05, 4.69) is 19.7 Å². The molecule has 1 aliphatic rings. The summed E-state index contributed by atoms with van der Waals surface area (Å²) in [7, 11) is 0. The van der Waals surface area contributed by atoms with Crippen LogP contribution in [0.25, 0.3) is 5.76 Å². The number of allylic oxidation sites excluding steroid dienone is 5. The van der Waals surface area contributed by atoms with Crippen molar-refractivity contribution in [1.29, 1.82) is 0 Å². The summed E-state index contributed by atoms with van der Waals surface area (Å²) >= 11 is 0. The molecule has 0 atom stereocenters. The molecule has 1 aromatic carbocycles. The molecular formula is C22H22O4. The van der Waals surface area contributed by atoms with Crippen molar-refractivity contribution in [2.75, 3.05) is 0 Å². The summed E-state index contributed by atoms with van der Waals surface area (Å²) in [4.78, 5) is 26.3. The Morgan fingerprint density at radius 3 is 2.04 bits per heavy atom. The summed E-state index contributed by atoms with van der Waals surface area (Å²) < 4.78 is 0. The highest BCUT2D eigenvalue weighted by atomic mass is 16.3. The van der Waals surface area contributed by atoms with Crippen molar-refractivity contribution in [2.45, 2.75) is 19.3 Å². The van der Waals surface area contributed by atoms with Gasteiger partial charge in [0.15, 0.2) is 11.6 Å². The molecule has 0 unspecified atom stereocenters. The Morgan fingerprint density at radius 2 is 1.54 bits per heavy atom. The van der Waals surface area contributed by atoms with Gasteiger partial charge in [-0.3, -0.25) is 9.59 Å². The van der Waals surface area contributed by atoms with E-state index >= 15 is 0 Å². The molecule has 0 saturated heterocycles. The quantitative estimate of drug-likeness (QED) is 0.325. The van der Waals surface area contributed by atoms with Crippen LogP contribution < -0.4 is 0 Å². The first-order chi connectivity index (χ1) is 12.4. The molecule has 0 spiro atoms. The summed E-state index contributed by atoms with van der Waals surface area (Å²) in [6, 6.07) is 8.42. The smallest absolute Gasteiger partial charge is 0.184 e. The van der Waals surface area contributed by atoms with Gasteiger partial charge in [0.25, 0.3) is 0 Å². The zero-order valence-electron chi connectivity index (χ0n) is 14.6. The molecule has 0 radical (unpaired) electrons. The van der Waals surface area contributed by atoms with Crippen LogP contribution in [0.15, 0.2) is 85.2 Å². The molecule has 2 N–H and O–H groups in total. The largest absolute Gasteiger partial charge is 0.507 e. The summed E-state index contributed by atoms with van der Waals surface area (Å²) in [6.45, 7) is 10.9. The molecule has 0 amide bonds. The van der Waals surface area contributed by atoms with Crippen LogP contribution in [0, 0.1) is 5.41 Å². The van der Waals surface area contributed by atoms with E-state index in [1.165, 1.54) is 18.2 Å². The maximum atomic E-state index is 13.3. The molecule has 4 nitrogen and oxygen atoms in total. The summed E-state index contributed by atoms with van der Waals surface area (Å²) in [6.07, 6.45) is 4.70. The lowest BCUT2D eigenvalue weighted by Gasteiger charge is -2.35. The zero-order valence-corrected chi connectivity index (χ0v) is 14.6. The number of benzene rings is 1. The van der Waals surface area contributed by atoms with Crippen molar-refractivity contribution >= 4 is 17.3 Å². The van der Waals surface area contributed by atoms with E-state index in [9.17, 15) is 19.8 Å². The van der Waals surface area contributed by atoms with Gasteiger partial charge in [0, 0.05) is 11.1 Å². The van der Waals surface area contributed by atoms with Crippen LogP contribution in [-0.2, 0) is 9.59 Å². The van der Waals surface area contributed by atoms with Gasteiger partial charge in [0.05, 0.1) is 0 Å². The number of aliphatic hydroxyl groups is 2. The van der Waals surface area contributed by atoms with Crippen LogP contribution >= 0.6 is 0 Å². The number of Topliss-reactive ketones (excluding diaryl/α,β-unsaturated/α-hetero) is 2. The fourth-order valence-corrected chi connectivity index (χ4v) is 3.24. The number of aliphatic hydroxyl groups excluding tert-OH is 2. The zero-order chi connectivity index (χ0) is 19.3. The lowest BCUT2D eigenvalue weighted by atomic mass is 9.64. The van der Waals surface area contributed by atoms with Crippen molar-refractivity contribution in [1.82, 2.24) is 0 Å². The third kappa shape index (κ3) is 3.06. The van der Waals surface area contributed by atoms with E-state index in [4.69, 9.17) is 0 Å². The Morgan fingerprint density at radius 1 is 0.962 bits per heavy atom. The van der Waals surface area contributed by atoms with Gasteiger partial charge in [-0.2, -0.15) is 0 Å². The number of rotatable bonds is 7. The van der Waals surface area contributed by atoms with Crippen LogP contribution in [0.3, 0.4) is 0 Å². The molecule has 0 aliphatic heterocycles. The number of carbonyl (C=O) groups excluding carboxylic acids is 2. The monoisotopic (exact) mass is 350 g/mol. The predicted octanol–water partition coefficient (Wildman–Crippen LogP) is 4.63. The Kier molecular flexibility index (Phi) is 5.78.